The first-order chi connectivity index (χ1) is 8.98. The number of nitrogens with zero attached hydrogens (tertiary/aromatic N) is 2. The van der Waals surface area contributed by atoms with Gasteiger partial charge in [0.2, 0.25) is 5.95 Å². The molecule has 0 spiro atoms. The maximum atomic E-state index is 5.73. The molecule has 1 unspecified atom stereocenters. The van der Waals surface area contributed by atoms with Gasteiger partial charge in [-0.25, -0.2) is 4.98 Å². The first kappa shape index (κ1) is 14.1. The fourth-order valence-corrected chi connectivity index (χ4v) is 2.44. The van der Waals surface area contributed by atoms with Crippen LogP contribution in [0.1, 0.15) is 39.3 Å². The maximum Gasteiger partial charge on any atom is 0.224 e. The van der Waals surface area contributed by atoms with E-state index in [2.05, 4.69) is 34.4 Å². The van der Waals surface area contributed by atoms with Crippen LogP contribution in [-0.4, -0.2) is 34.8 Å². The predicted octanol–water partition coefficient (Wildman–Crippen LogP) is 2.59. The highest BCUT2D eigenvalue weighted by Gasteiger charge is 2.28. The number of hydrogen-bond donors (Lipinski definition) is 2. The molecular formula is C14H24N4O. The van der Waals surface area contributed by atoms with E-state index in [4.69, 9.17) is 4.74 Å². The standard InChI is InChI=1S/C14H24N4O/c1-5-15-13-16-10(2)8-12(18-13)17-11-6-7-19-14(3,4)9-11/h8,11H,5-7,9H2,1-4H3,(H2,15,16,17,18). The van der Waals surface area contributed by atoms with Gasteiger partial charge in [0.05, 0.1) is 5.60 Å². The van der Waals surface area contributed by atoms with Crippen molar-refractivity contribution in [2.45, 2.75) is 52.2 Å². The van der Waals surface area contributed by atoms with Crippen molar-refractivity contribution in [3.8, 4) is 0 Å². The molecule has 1 atom stereocenters. The predicted molar refractivity (Wildman–Crippen MR) is 77.6 cm³/mol. The lowest BCUT2D eigenvalue weighted by Crippen LogP contribution is -2.40. The third kappa shape index (κ3) is 4.06. The van der Waals surface area contributed by atoms with E-state index in [0.29, 0.717) is 12.0 Å². The van der Waals surface area contributed by atoms with Gasteiger partial charge in [0.25, 0.3) is 0 Å². The third-order valence-electron chi connectivity index (χ3n) is 3.24. The maximum absolute atomic E-state index is 5.73. The van der Waals surface area contributed by atoms with Gasteiger partial charge in [-0.3, -0.25) is 0 Å². The van der Waals surface area contributed by atoms with Crippen LogP contribution in [-0.2, 0) is 4.74 Å². The van der Waals surface area contributed by atoms with Crippen LogP contribution in [0.2, 0.25) is 0 Å². The zero-order valence-electron chi connectivity index (χ0n) is 12.3. The molecule has 0 aliphatic carbocycles. The van der Waals surface area contributed by atoms with E-state index in [0.717, 1.165) is 37.5 Å². The molecule has 0 amide bonds. The molecule has 2 N–H and O–H groups in total. The van der Waals surface area contributed by atoms with Crippen LogP contribution in [0.3, 0.4) is 0 Å². The van der Waals surface area contributed by atoms with Crippen LogP contribution in [0, 0.1) is 6.92 Å². The number of aromatic nitrogens is 2. The molecule has 0 aromatic carbocycles. The summed E-state index contributed by atoms with van der Waals surface area (Å²) in [6, 6.07) is 2.40. The number of hydrogen-bond acceptors (Lipinski definition) is 5. The first-order valence-corrected chi connectivity index (χ1v) is 6.98. The molecule has 1 aliphatic rings. The van der Waals surface area contributed by atoms with Gasteiger partial charge in [0.15, 0.2) is 0 Å². The summed E-state index contributed by atoms with van der Waals surface area (Å²) in [5.41, 5.74) is 0.919. The average Bonchev–Trinajstić information content (AvgIpc) is 2.26. The van der Waals surface area contributed by atoms with E-state index < -0.39 is 0 Å². The second kappa shape index (κ2) is 5.74. The smallest absolute Gasteiger partial charge is 0.224 e. The number of anilines is 2. The van der Waals surface area contributed by atoms with Gasteiger partial charge >= 0.3 is 0 Å². The third-order valence-corrected chi connectivity index (χ3v) is 3.24. The van der Waals surface area contributed by atoms with Crippen LogP contribution in [0.15, 0.2) is 6.07 Å². The van der Waals surface area contributed by atoms with Crippen LogP contribution < -0.4 is 10.6 Å². The van der Waals surface area contributed by atoms with Gasteiger partial charge < -0.3 is 15.4 Å². The minimum atomic E-state index is -0.0531. The lowest BCUT2D eigenvalue weighted by atomic mass is 9.94. The highest BCUT2D eigenvalue weighted by Crippen LogP contribution is 2.26. The fraction of sp³-hybridized carbons (Fsp3) is 0.714. The van der Waals surface area contributed by atoms with Crippen molar-refractivity contribution in [1.82, 2.24) is 9.97 Å². The van der Waals surface area contributed by atoms with E-state index in [9.17, 15) is 0 Å². The Morgan fingerprint density at radius 3 is 2.89 bits per heavy atom. The Bertz CT molecular complexity index is 433. The van der Waals surface area contributed by atoms with E-state index in [1.165, 1.54) is 0 Å². The molecule has 5 heteroatoms. The van der Waals surface area contributed by atoms with Crippen molar-refractivity contribution < 1.29 is 4.74 Å². The normalized spacial score (nSPS) is 22.0. The van der Waals surface area contributed by atoms with Gasteiger partial charge in [-0.1, -0.05) is 0 Å². The molecule has 1 aromatic heterocycles. The SMILES string of the molecule is CCNc1nc(C)cc(NC2CCOC(C)(C)C2)n1. The van der Waals surface area contributed by atoms with Gasteiger partial charge in [0, 0.05) is 31.0 Å². The molecule has 2 rings (SSSR count). The fourth-order valence-electron chi connectivity index (χ4n) is 2.44. The zero-order chi connectivity index (χ0) is 13.9. The first-order valence-electron chi connectivity index (χ1n) is 6.98. The van der Waals surface area contributed by atoms with E-state index >= 15 is 0 Å². The van der Waals surface area contributed by atoms with Crippen molar-refractivity contribution in [3.05, 3.63) is 11.8 Å². The Morgan fingerprint density at radius 2 is 2.21 bits per heavy atom. The quantitative estimate of drug-likeness (QED) is 0.875. The summed E-state index contributed by atoms with van der Waals surface area (Å²) in [4.78, 5) is 8.85. The molecule has 0 radical (unpaired) electrons. The molecule has 106 valence electrons. The molecule has 19 heavy (non-hydrogen) atoms. The van der Waals surface area contributed by atoms with Gasteiger partial charge in [-0.15, -0.1) is 0 Å². The highest BCUT2D eigenvalue weighted by molar-refractivity contribution is 5.43. The molecule has 1 aromatic rings. The van der Waals surface area contributed by atoms with Crippen molar-refractivity contribution >= 4 is 11.8 Å². The number of ether oxygens (including phenoxy) is 1. The molecule has 2 heterocycles. The summed E-state index contributed by atoms with van der Waals surface area (Å²) in [5.74, 6) is 1.59. The van der Waals surface area contributed by atoms with Crippen molar-refractivity contribution in [2.75, 3.05) is 23.8 Å². The minimum Gasteiger partial charge on any atom is -0.375 e. The summed E-state index contributed by atoms with van der Waals surface area (Å²) in [6.45, 7) is 9.93. The molecule has 1 fully saturated rings. The van der Waals surface area contributed by atoms with E-state index in [-0.39, 0.29) is 5.60 Å². The minimum absolute atomic E-state index is 0.0531. The monoisotopic (exact) mass is 264 g/mol. The number of nitrogens with one attached hydrogen (secondary N) is 2. The summed E-state index contributed by atoms with van der Waals surface area (Å²) in [7, 11) is 0. The molecule has 1 aliphatic heterocycles. The Hall–Kier alpha value is -1.36. The summed E-state index contributed by atoms with van der Waals surface area (Å²) >= 11 is 0. The summed E-state index contributed by atoms with van der Waals surface area (Å²) in [6.07, 6.45) is 2.01. The van der Waals surface area contributed by atoms with E-state index in [1.54, 1.807) is 0 Å². The Morgan fingerprint density at radius 1 is 1.42 bits per heavy atom. The second-order valence-electron chi connectivity index (χ2n) is 5.69. The Labute approximate surface area is 115 Å². The lowest BCUT2D eigenvalue weighted by Gasteiger charge is -2.36. The van der Waals surface area contributed by atoms with Crippen molar-refractivity contribution in [2.24, 2.45) is 0 Å². The summed E-state index contributed by atoms with van der Waals surface area (Å²) < 4.78 is 5.73. The van der Waals surface area contributed by atoms with Crippen LogP contribution in [0.5, 0.6) is 0 Å². The summed E-state index contributed by atoms with van der Waals surface area (Å²) in [5, 5.41) is 6.66. The van der Waals surface area contributed by atoms with Crippen LogP contribution in [0.25, 0.3) is 0 Å². The Kier molecular flexibility index (Phi) is 4.24. The number of rotatable bonds is 4. The average molecular weight is 264 g/mol. The Balaban J connectivity index is 2.06. The number of aryl methyl sites for hydroxylation is 1. The van der Waals surface area contributed by atoms with Gasteiger partial charge in [-0.05, 0) is 40.5 Å². The van der Waals surface area contributed by atoms with Gasteiger partial charge in [-0.2, -0.15) is 4.98 Å². The van der Waals surface area contributed by atoms with E-state index in [1.807, 2.05) is 19.9 Å². The second-order valence-corrected chi connectivity index (χ2v) is 5.69. The van der Waals surface area contributed by atoms with Crippen molar-refractivity contribution in [1.29, 1.82) is 0 Å². The van der Waals surface area contributed by atoms with Gasteiger partial charge in [0.1, 0.15) is 5.82 Å². The molecule has 1 saturated heterocycles. The van der Waals surface area contributed by atoms with Crippen molar-refractivity contribution in [3.63, 3.8) is 0 Å². The molecule has 5 nitrogen and oxygen atoms in total. The lowest BCUT2D eigenvalue weighted by molar-refractivity contribution is -0.0553. The topological polar surface area (TPSA) is 59.1 Å². The molecule has 0 bridgehead atoms. The zero-order valence-corrected chi connectivity index (χ0v) is 12.3. The van der Waals surface area contributed by atoms with Crippen LogP contribution in [0.4, 0.5) is 11.8 Å². The largest absolute Gasteiger partial charge is 0.375 e. The highest BCUT2D eigenvalue weighted by atomic mass is 16.5. The molecule has 0 saturated carbocycles. The van der Waals surface area contributed by atoms with Crippen LogP contribution >= 0.6 is 0 Å². The molecular weight excluding hydrogens is 240 g/mol.